The zero-order chi connectivity index (χ0) is 18.8. The van der Waals surface area contributed by atoms with E-state index in [9.17, 15) is 0 Å². The van der Waals surface area contributed by atoms with E-state index < -0.39 is 0 Å². The van der Waals surface area contributed by atoms with E-state index >= 15 is 0 Å². The molecule has 2 heteroatoms. The Labute approximate surface area is 160 Å². The first-order chi connectivity index (χ1) is 13.0. The number of aromatic nitrogens is 2. The number of pyridine rings is 2. The summed E-state index contributed by atoms with van der Waals surface area (Å²) < 4.78 is 0. The maximum Gasteiger partial charge on any atom is 0.0888 e. The third-order valence-corrected chi connectivity index (χ3v) is 5.90. The fourth-order valence-electron chi connectivity index (χ4n) is 4.75. The zero-order valence-corrected chi connectivity index (χ0v) is 16.4. The second-order valence-corrected chi connectivity index (χ2v) is 8.69. The minimum atomic E-state index is -0.117. The highest BCUT2D eigenvalue weighted by atomic mass is 14.8. The van der Waals surface area contributed by atoms with Gasteiger partial charge in [0.1, 0.15) is 0 Å². The fourth-order valence-corrected chi connectivity index (χ4v) is 4.75. The monoisotopic (exact) mass is 352 g/mol. The highest BCUT2D eigenvalue weighted by Crippen LogP contribution is 2.49. The number of nitrogens with zero attached hydrogens (tertiary/aromatic N) is 2. The molecule has 0 saturated carbocycles. The van der Waals surface area contributed by atoms with Crippen LogP contribution in [0.25, 0.3) is 32.9 Å². The molecular weight excluding hydrogens is 328 g/mol. The van der Waals surface area contributed by atoms with Gasteiger partial charge in [-0.2, -0.15) is 0 Å². The van der Waals surface area contributed by atoms with Crippen LogP contribution in [0.4, 0.5) is 0 Å². The van der Waals surface area contributed by atoms with Crippen molar-refractivity contribution in [3.63, 3.8) is 0 Å². The van der Waals surface area contributed by atoms with Gasteiger partial charge in [-0.1, -0.05) is 64.1 Å². The predicted molar refractivity (Wildman–Crippen MR) is 113 cm³/mol. The third-order valence-electron chi connectivity index (χ3n) is 5.90. The van der Waals surface area contributed by atoms with Crippen molar-refractivity contribution in [2.75, 3.05) is 0 Å². The summed E-state index contributed by atoms with van der Waals surface area (Å²) in [5.74, 6) is 0.615. The van der Waals surface area contributed by atoms with Crippen molar-refractivity contribution in [3.8, 4) is 11.3 Å². The number of fused-ring (bicyclic) bond motifs is 4. The molecule has 0 atom stereocenters. The van der Waals surface area contributed by atoms with E-state index in [1.807, 2.05) is 12.4 Å². The minimum absolute atomic E-state index is 0.117. The molecule has 0 N–H and O–H groups in total. The predicted octanol–water partition coefficient (Wildman–Crippen LogP) is 6.29. The molecule has 0 aliphatic heterocycles. The van der Waals surface area contributed by atoms with Gasteiger partial charge in [0.05, 0.1) is 17.4 Å². The van der Waals surface area contributed by atoms with Gasteiger partial charge in [0, 0.05) is 22.6 Å². The molecule has 0 unspecified atom stereocenters. The van der Waals surface area contributed by atoms with Crippen LogP contribution in [0, 0.1) is 5.92 Å². The van der Waals surface area contributed by atoms with Crippen molar-refractivity contribution in [2.24, 2.45) is 5.92 Å². The third kappa shape index (κ3) is 2.32. The Hall–Kier alpha value is -2.74. The molecule has 2 nitrogen and oxygen atoms in total. The molecule has 0 saturated heterocycles. The number of hydrogen-bond donors (Lipinski definition) is 0. The molecule has 4 aromatic rings. The van der Waals surface area contributed by atoms with Gasteiger partial charge in [0.2, 0.25) is 0 Å². The Kier molecular flexibility index (Phi) is 3.42. The maximum atomic E-state index is 4.90. The van der Waals surface area contributed by atoms with Crippen molar-refractivity contribution in [1.29, 1.82) is 0 Å². The Morgan fingerprint density at radius 1 is 0.963 bits per heavy atom. The van der Waals surface area contributed by atoms with Crippen molar-refractivity contribution < 1.29 is 0 Å². The van der Waals surface area contributed by atoms with E-state index in [-0.39, 0.29) is 5.41 Å². The molecule has 2 heterocycles. The van der Waals surface area contributed by atoms with Crippen LogP contribution in [-0.2, 0) is 11.8 Å². The molecular formula is C25H24N2. The lowest BCUT2D eigenvalue weighted by atomic mass is 9.69. The largest absolute Gasteiger partial charge is 0.254 e. The molecule has 134 valence electrons. The highest BCUT2D eigenvalue weighted by Gasteiger charge is 2.35. The van der Waals surface area contributed by atoms with Gasteiger partial charge >= 0.3 is 0 Å². The zero-order valence-electron chi connectivity index (χ0n) is 16.4. The average Bonchev–Trinajstić information content (AvgIpc) is 2.64. The summed E-state index contributed by atoms with van der Waals surface area (Å²) in [6.45, 7) is 9.17. The van der Waals surface area contributed by atoms with Gasteiger partial charge in [0.25, 0.3) is 0 Å². The van der Waals surface area contributed by atoms with E-state index in [1.54, 1.807) is 0 Å². The first-order valence-electron chi connectivity index (χ1n) is 9.77. The second-order valence-electron chi connectivity index (χ2n) is 8.69. The van der Waals surface area contributed by atoms with E-state index in [1.165, 1.54) is 38.4 Å². The lowest BCUT2D eigenvalue weighted by molar-refractivity contribution is 0.642. The van der Waals surface area contributed by atoms with Gasteiger partial charge in [-0.05, 0) is 45.9 Å². The second kappa shape index (κ2) is 5.63. The fraction of sp³-hybridized carbons (Fsp3) is 0.280. The van der Waals surface area contributed by atoms with Crippen LogP contribution in [0.5, 0.6) is 0 Å². The summed E-state index contributed by atoms with van der Waals surface area (Å²) in [6.07, 6.45) is 5.00. The Morgan fingerprint density at radius 2 is 1.74 bits per heavy atom. The van der Waals surface area contributed by atoms with Gasteiger partial charge in [-0.3, -0.25) is 9.97 Å². The smallest absolute Gasteiger partial charge is 0.0888 e. The van der Waals surface area contributed by atoms with Crippen molar-refractivity contribution in [3.05, 3.63) is 71.5 Å². The van der Waals surface area contributed by atoms with Crippen LogP contribution >= 0.6 is 0 Å². The topological polar surface area (TPSA) is 25.8 Å². The van der Waals surface area contributed by atoms with Crippen LogP contribution in [0.15, 0.2) is 54.9 Å². The van der Waals surface area contributed by atoms with Crippen molar-refractivity contribution in [2.45, 2.75) is 39.5 Å². The summed E-state index contributed by atoms with van der Waals surface area (Å²) >= 11 is 0. The Morgan fingerprint density at radius 3 is 2.52 bits per heavy atom. The maximum absolute atomic E-state index is 4.90. The van der Waals surface area contributed by atoms with E-state index in [4.69, 9.17) is 9.97 Å². The molecule has 0 spiro atoms. The normalized spacial score (nSPS) is 14.7. The van der Waals surface area contributed by atoms with Crippen LogP contribution in [0.3, 0.4) is 0 Å². The van der Waals surface area contributed by atoms with E-state index in [0.717, 1.165) is 17.6 Å². The van der Waals surface area contributed by atoms with Crippen molar-refractivity contribution >= 4 is 21.7 Å². The van der Waals surface area contributed by atoms with Gasteiger partial charge in [0.15, 0.2) is 0 Å². The van der Waals surface area contributed by atoms with Crippen molar-refractivity contribution in [1.82, 2.24) is 9.97 Å². The first kappa shape index (κ1) is 16.4. The summed E-state index contributed by atoms with van der Waals surface area (Å²) in [6, 6.07) is 15.6. The average molecular weight is 352 g/mol. The van der Waals surface area contributed by atoms with Crippen LogP contribution in [-0.4, -0.2) is 9.97 Å². The molecule has 0 bridgehead atoms. The lowest BCUT2D eigenvalue weighted by Gasteiger charge is -2.35. The summed E-state index contributed by atoms with van der Waals surface area (Å²) in [5.41, 5.74) is 7.22. The summed E-state index contributed by atoms with van der Waals surface area (Å²) in [5, 5.41) is 3.88. The lowest BCUT2D eigenvalue weighted by Crippen LogP contribution is -2.25. The molecule has 0 fully saturated rings. The Bertz CT molecular complexity index is 1200. The van der Waals surface area contributed by atoms with E-state index in [0.29, 0.717) is 5.92 Å². The number of rotatable bonds is 2. The number of benzene rings is 2. The molecule has 0 amide bonds. The molecule has 27 heavy (non-hydrogen) atoms. The minimum Gasteiger partial charge on any atom is -0.254 e. The molecule has 2 aromatic carbocycles. The molecule has 2 aromatic heterocycles. The van der Waals surface area contributed by atoms with Gasteiger partial charge < -0.3 is 0 Å². The molecule has 1 aliphatic carbocycles. The molecule has 1 aliphatic rings. The van der Waals surface area contributed by atoms with Gasteiger partial charge in [-0.25, -0.2) is 0 Å². The molecule has 5 rings (SSSR count). The quantitative estimate of drug-likeness (QED) is 0.424. The van der Waals surface area contributed by atoms with E-state index in [2.05, 4.69) is 70.2 Å². The summed E-state index contributed by atoms with van der Waals surface area (Å²) in [4.78, 5) is 9.65. The molecule has 0 radical (unpaired) electrons. The van der Waals surface area contributed by atoms with Crippen LogP contribution in [0.2, 0.25) is 0 Å². The first-order valence-corrected chi connectivity index (χ1v) is 9.77. The number of hydrogen-bond acceptors (Lipinski definition) is 2. The summed E-state index contributed by atoms with van der Waals surface area (Å²) in [7, 11) is 0. The standard InChI is InChI=1S/C25H24N2/c1-15(2)11-16-12-19-21(26-13-16)14-27-24-18-9-5-7-17-8-6-10-20(22(17)18)25(3,4)23(19)24/h5-10,12-15H,11H2,1-4H3. The Balaban J connectivity index is 1.91. The highest BCUT2D eigenvalue weighted by molar-refractivity contribution is 6.05. The van der Waals surface area contributed by atoms with Gasteiger partial charge in [-0.15, -0.1) is 0 Å². The van der Waals surface area contributed by atoms with Crippen LogP contribution < -0.4 is 0 Å². The SMILES string of the molecule is CC(C)Cc1cnc2cnc3c(c2c1)C(C)(C)c1cccc2cccc-3c12. The van der Waals surface area contributed by atoms with Crippen LogP contribution in [0.1, 0.15) is 44.4 Å².